The molecule has 0 spiro atoms. The predicted octanol–water partition coefficient (Wildman–Crippen LogP) is 2.70. The Balaban J connectivity index is 2.20. The molecule has 1 atom stereocenters. The third-order valence-corrected chi connectivity index (χ3v) is 5.38. The van der Waals surface area contributed by atoms with Crippen molar-refractivity contribution < 1.29 is 8.42 Å². The number of nitrogens with one attached hydrogen (secondary N) is 1. The minimum Gasteiger partial charge on any atom is -0.397 e. The Hall–Kier alpha value is -0.780. The molecule has 1 aromatic rings. The van der Waals surface area contributed by atoms with Gasteiger partial charge < -0.3 is 5.73 Å². The Labute approximate surface area is 119 Å². The predicted molar refractivity (Wildman–Crippen MR) is 77.7 cm³/mol. The van der Waals surface area contributed by atoms with Crippen LogP contribution >= 0.6 is 11.6 Å². The van der Waals surface area contributed by atoms with Gasteiger partial charge in [-0.1, -0.05) is 24.4 Å². The zero-order valence-electron chi connectivity index (χ0n) is 11.1. The van der Waals surface area contributed by atoms with Crippen molar-refractivity contribution in [2.24, 2.45) is 5.92 Å². The van der Waals surface area contributed by atoms with Crippen LogP contribution in [0.25, 0.3) is 0 Å². The van der Waals surface area contributed by atoms with Gasteiger partial charge in [0.25, 0.3) is 0 Å². The quantitative estimate of drug-likeness (QED) is 0.821. The maximum Gasteiger partial charge on any atom is 0.241 e. The molecule has 6 heteroatoms. The Morgan fingerprint density at radius 3 is 2.68 bits per heavy atom. The number of nitrogen functional groups attached to an aromatic ring is 1. The van der Waals surface area contributed by atoms with Crippen LogP contribution in [-0.4, -0.2) is 14.5 Å². The summed E-state index contributed by atoms with van der Waals surface area (Å²) >= 11 is 5.88. The lowest BCUT2D eigenvalue weighted by atomic mass is 10.2. The van der Waals surface area contributed by atoms with Crippen molar-refractivity contribution in [3.05, 3.63) is 22.7 Å². The minimum atomic E-state index is -3.54. The zero-order chi connectivity index (χ0) is 14.2. The maximum atomic E-state index is 12.3. The van der Waals surface area contributed by atoms with Crippen LogP contribution in [0.5, 0.6) is 0 Å². The standard InChI is InChI=1S/C13H19ClN2O2S/c1-8-5-11(14)12(15)7-13(8)19(17,18)16-9(2)6-10-3-4-10/h5,7,9-10,16H,3-4,6,15H2,1-2H3. The molecule has 2 rings (SSSR count). The zero-order valence-corrected chi connectivity index (χ0v) is 12.7. The van der Waals surface area contributed by atoms with Gasteiger partial charge in [-0.05, 0) is 43.9 Å². The van der Waals surface area contributed by atoms with Crippen LogP contribution in [0.1, 0.15) is 31.7 Å². The lowest BCUT2D eigenvalue weighted by Gasteiger charge is -2.16. The van der Waals surface area contributed by atoms with Gasteiger partial charge in [-0.25, -0.2) is 13.1 Å². The first-order valence-electron chi connectivity index (χ1n) is 6.37. The van der Waals surface area contributed by atoms with Gasteiger partial charge in [-0.2, -0.15) is 0 Å². The topological polar surface area (TPSA) is 72.2 Å². The van der Waals surface area contributed by atoms with Crippen LogP contribution in [0.3, 0.4) is 0 Å². The average Bonchev–Trinajstić information content (AvgIpc) is 3.05. The fraction of sp³-hybridized carbons (Fsp3) is 0.538. The normalized spacial score (nSPS) is 17.4. The van der Waals surface area contributed by atoms with E-state index in [1.165, 1.54) is 18.9 Å². The minimum absolute atomic E-state index is 0.0613. The number of anilines is 1. The van der Waals surface area contributed by atoms with Crippen LogP contribution in [0, 0.1) is 12.8 Å². The summed E-state index contributed by atoms with van der Waals surface area (Å²) < 4.78 is 27.3. The highest BCUT2D eigenvalue weighted by molar-refractivity contribution is 7.89. The van der Waals surface area contributed by atoms with Crippen molar-refractivity contribution >= 4 is 27.3 Å². The van der Waals surface area contributed by atoms with E-state index in [-0.39, 0.29) is 16.6 Å². The Kier molecular flexibility index (Phi) is 4.08. The average molecular weight is 303 g/mol. The van der Waals surface area contributed by atoms with E-state index in [0.717, 1.165) is 6.42 Å². The lowest BCUT2D eigenvalue weighted by Crippen LogP contribution is -2.33. The first kappa shape index (κ1) is 14.6. The molecule has 0 amide bonds. The van der Waals surface area contributed by atoms with Crippen molar-refractivity contribution in [2.75, 3.05) is 5.73 Å². The molecule has 1 aliphatic carbocycles. The number of sulfonamides is 1. The van der Waals surface area contributed by atoms with Gasteiger partial charge in [0, 0.05) is 6.04 Å². The van der Waals surface area contributed by atoms with E-state index in [2.05, 4.69) is 4.72 Å². The summed E-state index contributed by atoms with van der Waals surface area (Å²) in [6.45, 7) is 3.61. The van der Waals surface area contributed by atoms with E-state index in [1.54, 1.807) is 13.0 Å². The first-order chi connectivity index (χ1) is 8.79. The number of benzene rings is 1. The second-order valence-corrected chi connectivity index (χ2v) is 7.43. The van der Waals surface area contributed by atoms with Crippen LogP contribution in [-0.2, 0) is 10.0 Å². The molecular formula is C13H19ClN2O2S. The second-order valence-electron chi connectivity index (χ2n) is 5.34. The van der Waals surface area contributed by atoms with E-state index < -0.39 is 10.0 Å². The van der Waals surface area contributed by atoms with Crippen LogP contribution < -0.4 is 10.5 Å². The van der Waals surface area contributed by atoms with E-state index in [0.29, 0.717) is 16.5 Å². The van der Waals surface area contributed by atoms with E-state index in [1.807, 2.05) is 6.92 Å². The summed E-state index contributed by atoms with van der Waals surface area (Å²) in [4.78, 5) is 0.206. The summed E-state index contributed by atoms with van der Waals surface area (Å²) in [6.07, 6.45) is 3.30. The Bertz CT molecular complexity index is 583. The highest BCUT2D eigenvalue weighted by Crippen LogP contribution is 2.34. The number of hydrogen-bond donors (Lipinski definition) is 2. The number of nitrogens with two attached hydrogens (primary N) is 1. The molecular weight excluding hydrogens is 284 g/mol. The molecule has 1 aromatic carbocycles. The molecule has 106 valence electrons. The van der Waals surface area contributed by atoms with Gasteiger partial charge in [0.2, 0.25) is 10.0 Å². The van der Waals surface area contributed by atoms with E-state index >= 15 is 0 Å². The van der Waals surface area contributed by atoms with Gasteiger partial charge in [0.1, 0.15) is 0 Å². The van der Waals surface area contributed by atoms with Gasteiger partial charge in [0.15, 0.2) is 0 Å². The van der Waals surface area contributed by atoms with E-state index in [9.17, 15) is 8.42 Å². The second kappa shape index (κ2) is 5.31. The molecule has 0 bridgehead atoms. The van der Waals surface area contributed by atoms with Crippen molar-refractivity contribution in [1.82, 2.24) is 4.72 Å². The number of aryl methyl sites for hydroxylation is 1. The SMILES string of the molecule is Cc1cc(Cl)c(N)cc1S(=O)(=O)NC(C)CC1CC1. The van der Waals surface area contributed by atoms with Gasteiger partial charge >= 0.3 is 0 Å². The number of halogens is 1. The van der Waals surface area contributed by atoms with Crippen LogP contribution in [0.2, 0.25) is 5.02 Å². The number of rotatable bonds is 5. The largest absolute Gasteiger partial charge is 0.397 e. The molecule has 0 aliphatic heterocycles. The summed E-state index contributed by atoms with van der Waals surface area (Å²) in [5.74, 6) is 0.675. The molecule has 4 nitrogen and oxygen atoms in total. The Morgan fingerprint density at radius 2 is 2.11 bits per heavy atom. The fourth-order valence-corrected chi connectivity index (χ4v) is 3.92. The first-order valence-corrected chi connectivity index (χ1v) is 8.23. The third-order valence-electron chi connectivity index (χ3n) is 3.32. The third kappa shape index (κ3) is 3.61. The molecule has 0 radical (unpaired) electrons. The summed E-state index contributed by atoms with van der Waals surface area (Å²) in [5.41, 5.74) is 6.57. The molecule has 1 aliphatic rings. The summed E-state index contributed by atoms with van der Waals surface area (Å²) in [6, 6.07) is 2.94. The molecule has 1 unspecified atom stereocenters. The maximum absolute atomic E-state index is 12.3. The molecule has 0 aromatic heterocycles. The highest BCUT2D eigenvalue weighted by atomic mass is 35.5. The molecule has 3 N–H and O–H groups in total. The monoisotopic (exact) mass is 302 g/mol. The van der Waals surface area contributed by atoms with Crippen molar-refractivity contribution in [1.29, 1.82) is 0 Å². The molecule has 0 saturated heterocycles. The summed E-state index contributed by atoms with van der Waals surface area (Å²) in [7, 11) is -3.54. The molecule has 1 saturated carbocycles. The molecule has 0 heterocycles. The van der Waals surface area contributed by atoms with Gasteiger partial charge in [0.05, 0.1) is 15.6 Å². The lowest BCUT2D eigenvalue weighted by molar-refractivity contribution is 0.529. The van der Waals surface area contributed by atoms with Crippen LogP contribution in [0.15, 0.2) is 17.0 Å². The van der Waals surface area contributed by atoms with E-state index in [4.69, 9.17) is 17.3 Å². The van der Waals surface area contributed by atoms with Gasteiger partial charge in [-0.15, -0.1) is 0 Å². The molecule has 1 fully saturated rings. The van der Waals surface area contributed by atoms with Gasteiger partial charge in [-0.3, -0.25) is 0 Å². The number of hydrogen-bond acceptors (Lipinski definition) is 3. The summed E-state index contributed by atoms with van der Waals surface area (Å²) in [5, 5.41) is 0.377. The van der Waals surface area contributed by atoms with Crippen molar-refractivity contribution in [3.8, 4) is 0 Å². The molecule has 19 heavy (non-hydrogen) atoms. The fourth-order valence-electron chi connectivity index (χ4n) is 2.19. The van der Waals surface area contributed by atoms with Crippen molar-refractivity contribution in [3.63, 3.8) is 0 Å². The highest BCUT2D eigenvalue weighted by Gasteiger charge is 2.27. The smallest absolute Gasteiger partial charge is 0.241 e. The van der Waals surface area contributed by atoms with Crippen molar-refractivity contribution in [2.45, 2.75) is 44.0 Å². The Morgan fingerprint density at radius 1 is 1.47 bits per heavy atom. The van der Waals surface area contributed by atoms with Crippen LogP contribution in [0.4, 0.5) is 5.69 Å².